The Morgan fingerprint density at radius 1 is 1.19 bits per heavy atom. The molecule has 2 rings (SSSR count). The van der Waals surface area contributed by atoms with Gasteiger partial charge in [-0.25, -0.2) is 9.59 Å². The number of aliphatic carboxylic acids is 1. The molecular weight excluding hydrogens is 350 g/mol. The molecule has 1 amide bonds. The third kappa shape index (κ3) is 4.30. The van der Waals surface area contributed by atoms with Gasteiger partial charge in [0, 0.05) is 16.5 Å². The van der Waals surface area contributed by atoms with E-state index in [-0.39, 0.29) is 0 Å². The molecule has 2 aromatic rings. The van der Waals surface area contributed by atoms with Crippen LogP contribution in [0.3, 0.4) is 0 Å². The minimum Gasteiger partial charge on any atom is -0.480 e. The first kappa shape index (κ1) is 20.5. The van der Waals surface area contributed by atoms with Gasteiger partial charge in [0.25, 0.3) is 5.91 Å². The maximum Gasteiger partial charge on any atom is 0.339 e. The van der Waals surface area contributed by atoms with Crippen molar-refractivity contribution in [1.29, 1.82) is 0 Å². The first-order chi connectivity index (χ1) is 12.7. The van der Waals surface area contributed by atoms with Crippen molar-refractivity contribution in [3.63, 3.8) is 0 Å². The normalized spacial score (nSPS) is 13.2. The number of benzene rings is 1. The fourth-order valence-electron chi connectivity index (χ4n) is 2.83. The van der Waals surface area contributed by atoms with E-state index in [0.717, 1.165) is 10.9 Å². The Morgan fingerprint density at radius 2 is 1.85 bits per heavy atom. The van der Waals surface area contributed by atoms with Gasteiger partial charge in [-0.1, -0.05) is 13.3 Å². The van der Waals surface area contributed by atoms with E-state index in [9.17, 15) is 14.4 Å². The SMILES string of the molecule is CCC[C@@H](NC(=O)[C@H](C)Oc1ccc2c(C)c(C)c(=O)oc2c1C)C(=O)O. The third-order valence-corrected chi connectivity index (χ3v) is 4.69. The first-order valence-electron chi connectivity index (χ1n) is 8.90. The lowest BCUT2D eigenvalue weighted by Crippen LogP contribution is -2.46. The minimum atomic E-state index is -1.08. The summed E-state index contributed by atoms with van der Waals surface area (Å²) < 4.78 is 11.1. The number of fused-ring (bicyclic) bond motifs is 1. The largest absolute Gasteiger partial charge is 0.480 e. The van der Waals surface area contributed by atoms with Gasteiger partial charge in [0.2, 0.25) is 0 Å². The maximum atomic E-state index is 12.3. The molecule has 0 radical (unpaired) electrons. The first-order valence-corrected chi connectivity index (χ1v) is 8.90. The number of hydrogen-bond acceptors (Lipinski definition) is 5. The van der Waals surface area contributed by atoms with Crippen LogP contribution >= 0.6 is 0 Å². The molecule has 0 spiro atoms. The Labute approximate surface area is 157 Å². The number of nitrogens with one attached hydrogen (secondary N) is 1. The van der Waals surface area contributed by atoms with Gasteiger partial charge in [-0.3, -0.25) is 4.79 Å². The van der Waals surface area contributed by atoms with E-state index in [2.05, 4.69) is 5.32 Å². The van der Waals surface area contributed by atoms with E-state index in [1.54, 1.807) is 32.9 Å². The second kappa shape index (κ2) is 8.24. The Hall–Kier alpha value is -2.83. The Balaban J connectivity index is 2.26. The molecule has 0 bridgehead atoms. The van der Waals surface area contributed by atoms with E-state index in [1.807, 2.05) is 13.8 Å². The average molecular weight is 375 g/mol. The van der Waals surface area contributed by atoms with Crippen LogP contribution in [-0.2, 0) is 9.59 Å². The Morgan fingerprint density at radius 3 is 2.44 bits per heavy atom. The highest BCUT2D eigenvalue weighted by Gasteiger charge is 2.24. The van der Waals surface area contributed by atoms with Crippen LogP contribution in [-0.4, -0.2) is 29.1 Å². The molecule has 2 N–H and O–H groups in total. The number of carboxylic acids is 1. The van der Waals surface area contributed by atoms with Crippen LogP contribution in [0, 0.1) is 20.8 Å². The van der Waals surface area contributed by atoms with Crippen LogP contribution in [0.15, 0.2) is 21.3 Å². The molecule has 1 aromatic heterocycles. The van der Waals surface area contributed by atoms with Gasteiger partial charge in [-0.05, 0) is 51.8 Å². The number of ether oxygens (including phenoxy) is 1. The highest BCUT2D eigenvalue weighted by atomic mass is 16.5. The number of rotatable bonds is 7. The van der Waals surface area contributed by atoms with Crippen molar-refractivity contribution in [3.05, 3.63) is 39.2 Å². The standard InChI is InChI=1S/C20H25NO6/c1-6-7-15(19(23)24)21-18(22)13(5)26-16-9-8-14-10(2)11(3)20(25)27-17(14)12(16)4/h8-9,13,15H,6-7H2,1-5H3,(H,21,22)(H,23,24)/t13-,15+/m0/s1. The van der Waals surface area contributed by atoms with Gasteiger partial charge in [0.15, 0.2) is 6.10 Å². The monoisotopic (exact) mass is 375 g/mol. The molecule has 7 heteroatoms. The van der Waals surface area contributed by atoms with Crippen molar-refractivity contribution < 1.29 is 23.8 Å². The van der Waals surface area contributed by atoms with Gasteiger partial charge < -0.3 is 19.6 Å². The third-order valence-electron chi connectivity index (χ3n) is 4.69. The number of aryl methyl sites for hydroxylation is 2. The lowest BCUT2D eigenvalue weighted by molar-refractivity contribution is -0.143. The van der Waals surface area contributed by atoms with Crippen molar-refractivity contribution in [1.82, 2.24) is 5.32 Å². The van der Waals surface area contributed by atoms with Crippen LogP contribution < -0.4 is 15.7 Å². The molecular formula is C20H25NO6. The molecule has 2 atom stereocenters. The summed E-state index contributed by atoms with van der Waals surface area (Å²) in [5.74, 6) is -1.19. The van der Waals surface area contributed by atoms with Crippen LogP contribution in [0.4, 0.5) is 0 Å². The van der Waals surface area contributed by atoms with Crippen molar-refractivity contribution in [3.8, 4) is 5.75 Å². The zero-order chi connectivity index (χ0) is 20.3. The lowest BCUT2D eigenvalue weighted by Gasteiger charge is -2.20. The van der Waals surface area contributed by atoms with Gasteiger partial charge in [0.1, 0.15) is 17.4 Å². The zero-order valence-electron chi connectivity index (χ0n) is 16.2. The molecule has 0 aliphatic carbocycles. The summed E-state index contributed by atoms with van der Waals surface area (Å²) in [5.41, 5.74) is 2.01. The zero-order valence-corrected chi connectivity index (χ0v) is 16.2. The van der Waals surface area contributed by atoms with Crippen molar-refractivity contribution in [2.45, 2.75) is 59.6 Å². The van der Waals surface area contributed by atoms with E-state index >= 15 is 0 Å². The molecule has 146 valence electrons. The highest BCUT2D eigenvalue weighted by molar-refractivity contribution is 5.87. The van der Waals surface area contributed by atoms with Crippen LogP contribution in [0.5, 0.6) is 5.75 Å². The summed E-state index contributed by atoms with van der Waals surface area (Å²) in [5, 5.41) is 12.5. The molecule has 27 heavy (non-hydrogen) atoms. The number of carbonyl (C=O) groups is 2. The fraction of sp³-hybridized carbons (Fsp3) is 0.450. The number of amides is 1. The summed E-state index contributed by atoms with van der Waals surface area (Å²) in [6, 6.07) is 2.55. The van der Waals surface area contributed by atoms with Gasteiger partial charge in [0.05, 0.1) is 0 Å². The molecule has 0 saturated carbocycles. The number of carbonyl (C=O) groups excluding carboxylic acids is 1. The van der Waals surface area contributed by atoms with E-state index in [0.29, 0.717) is 35.3 Å². The molecule has 7 nitrogen and oxygen atoms in total. The summed E-state index contributed by atoms with van der Waals surface area (Å²) in [4.78, 5) is 35.5. The highest BCUT2D eigenvalue weighted by Crippen LogP contribution is 2.29. The van der Waals surface area contributed by atoms with Crippen molar-refractivity contribution in [2.75, 3.05) is 0 Å². The quantitative estimate of drug-likeness (QED) is 0.721. The molecule has 0 unspecified atom stereocenters. The molecule has 0 fully saturated rings. The lowest BCUT2D eigenvalue weighted by atomic mass is 10.0. The predicted molar refractivity (Wildman–Crippen MR) is 101 cm³/mol. The molecule has 1 heterocycles. The molecule has 1 aromatic carbocycles. The molecule has 0 saturated heterocycles. The number of carboxylic acid groups (broad SMARTS) is 1. The van der Waals surface area contributed by atoms with E-state index < -0.39 is 29.6 Å². The Kier molecular flexibility index (Phi) is 6.25. The second-order valence-corrected chi connectivity index (χ2v) is 6.65. The van der Waals surface area contributed by atoms with Crippen molar-refractivity contribution >= 4 is 22.8 Å². The minimum absolute atomic E-state index is 0.340. The van der Waals surface area contributed by atoms with Gasteiger partial charge >= 0.3 is 11.6 Å². The summed E-state index contributed by atoms with van der Waals surface area (Å²) in [6.45, 7) is 8.70. The molecule has 0 aliphatic rings. The van der Waals surface area contributed by atoms with Gasteiger partial charge in [-0.15, -0.1) is 0 Å². The summed E-state index contributed by atoms with van der Waals surface area (Å²) in [6.07, 6.45) is 0.0684. The average Bonchev–Trinajstić information content (AvgIpc) is 2.62. The summed E-state index contributed by atoms with van der Waals surface area (Å²) >= 11 is 0. The predicted octanol–water partition coefficient (Wildman–Crippen LogP) is 2.86. The fourth-order valence-corrected chi connectivity index (χ4v) is 2.83. The van der Waals surface area contributed by atoms with Crippen LogP contribution in [0.1, 0.15) is 43.4 Å². The second-order valence-electron chi connectivity index (χ2n) is 6.65. The summed E-state index contributed by atoms with van der Waals surface area (Å²) in [7, 11) is 0. The maximum absolute atomic E-state index is 12.3. The van der Waals surface area contributed by atoms with Crippen molar-refractivity contribution in [2.24, 2.45) is 0 Å². The Bertz CT molecular complexity index is 930. The van der Waals surface area contributed by atoms with E-state index in [4.69, 9.17) is 14.3 Å². The topological polar surface area (TPSA) is 106 Å². The van der Waals surface area contributed by atoms with Gasteiger partial charge in [-0.2, -0.15) is 0 Å². The van der Waals surface area contributed by atoms with Crippen LogP contribution in [0.2, 0.25) is 0 Å². The smallest absolute Gasteiger partial charge is 0.339 e. The number of hydrogen-bond donors (Lipinski definition) is 2. The van der Waals surface area contributed by atoms with E-state index in [1.165, 1.54) is 0 Å². The van der Waals surface area contributed by atoms with Crippen LogP contribution in [0.25, 0.3) is 11.0 Å². The molecule has 0 aliphatic heterocycles.